The second-order valence-electron chi connectivity index (χ2n) is 5.24. The van der Waals surface area contributed by atoms with Crippen LogP contribution in [0.5, 0.6) is 0 Å². The molecule has 1 aromatic carbocycles. The summed E-state index contributed by atoms with van der Waals surface area (Å²) in [4.78, 5) is 2.24. The molecule has 2 rings (SSSR count). The number of nitrogens with zero attached hydrogens (tertiary/aromatic N) is 1. The van der Waals surface area contributed by atoms with E-state index in [1.165, 1.54) is 0 Å². The maximum atomic E-state index is 6.40. The van der Waals surface area contributed by atoms with E-state index in [2.05, 4.69) is 18.0 Å². The fraction of sp³-hybridized carbons (Fsp3) is 0.571. The number of halogens is 1. The maximum Gasteiger partial charge on any atom is 0.0484 e. The zero-order chi connectivity index (χ0) is 13.0. The van der Waals surface area contributed by atoms with Gasteiger partial charge in [-0.2, -0.15) is 0 Å². The number of hydrogen-bond donors (Lipinski definition) is 1. The highest BCUT2D eigenvalue weighted by Crippen LogP contribution is 2.21. The summed E-state index contributed by atoms with van der Waals surface area (Å²) in [6.45, 7) is 3.26. The second kappa shape index (κ2) is 6.02. The first-order valence-electron chi connectivity index (χ1n) is 6.38. The Morgan fingerprint density at radius 2 is 2.00 bits per heavy atom. The van der Waals surface area contributed by atoms with E-state index in [1.807, 2.05) is 18.2 Å². The molecule has 1 saturated heterocycles. The van der Waals surface area contributed by atoms with E-state index in [-0.39, 0.29) is 5.54 Å². The number of nitrogens with two attached hydrogens (primary N) is 1. The quantitative estimate of drug-likeness (QED) is 0.911. The van der Waals surface area contributed by atoms with Gasteiger partial charge in [-0.05, 0) is 31.5 Å². The highest BCUT2D eigenvalue weighted by molar-refractivity contribution is 6.31. The minimum absolute atomic E-state index is 0.117. The molecule has 0 aromatic heterocycles. The molecule has 0 atom stereocenters. The van der Waals surface area contributed by atoms with Gasteiger partial charge in [0.2, 0.25) is 0 Å². The van der Waals surface area contributed by atoms with Crippen molar-refractivity contribution in [3.05, 3.63) is 34.9 Å². The smallest absolute Gasteiger partial charge is 0.0484 e. The summed E-state index contributed by atoms with van der Waals surface area (Å²) in [5, 5.41) is 0.822. The molecule has 1 aliphatic heterocycles. The summed E-state index contributed by atoms with van der Waals surface area (Å²) < 4.78 is 5.36. The van der Waals surface area contributed by atoms with E-state index < -0.39 is 0 Å². The Balaban J connectivity index is 1.92. The Labute approximate surface area is 114 Å². The van der Waals surface area contributed by atoms with Crippen LogP contribution < -0.4 is 5.73 Å². The number of rotatable bonds is 4. The minimum atomic E-state index is -0.117. The summed E-state index contributed by atoms with van der Waals surface area (Å²) in [7, 11) is 2.09. The Morgan fingerprint density at radius 1 is 1.33 bits per heavy atom. The van der Waals surface area contributed by atoms with Crippen LogP contribution in [0.2, 0.25) is 5.02 Å². The standard InChI is InChI=1S/C14H21ClN2O/c1-17(10-12-4-2-3-5-13(12)15)11-14(16)6-8-18-9-7-14/h2-5H,6-11,16H2,1H3. The molecule has 1 aromatic rings. The van der Waals surface area contributed by atoms with Gasteiger partial charge in [0.25, 0.3) is 0 Å². The highest BCUT2D eigenvalue weighted by Gasteiger charge is 2.29. The first-order chi connectivity index (χ1) is 8.59. The van der Waals surface area contributed by atoms with E-state index in [0.717, 1.165) is 49.7 Å². The van der Waals surface area contributed by atoms with Crippen LogP contribution in [0.15, 0.2) is 24.3 Å². The molecule has 100 valence electrons. The lowest BCUT2D eigenvalue weighted by Crippen LogP contribution is -2.52. The average Bonchev–Trinajstić information content (AvgIpc) is 2.32. The van der Waals surface area contributed by atoms with Gasteiger partial charge in [0.15, 0.2) is 0 Å². The molecule has 4 heteroatoms. The predicted molar refractivity (Wildman–Crippen MR) is 74.8 cm³/mol. The lowest BCUT2D eigenvalue weighted by atomic mass is 9.91. The molecule has 3 nitrogen and oxygen atoms in total. The Kier molecular flexibility index (Phi) is 4.62. The van der Waals surface area contributed by atoms with Crippen molar-refractivity contribution >= 4 is 11.6 Å². The maximum absolute atomic E-state index is 6.40. The van der Waals surface area contributed by atoms with Crippen molar-refractivity contribution in [2.24, 2.45) is 5.73 Å². The monoisotopic (exact) mass is 268 g/mol. The molecule has 1 heterocycles. The molecule has 1 aliphatic rings. The van der Waals surface area contributed by atoms with Crippen molar-refractivity contribution in [1.82, 2.24) is 4.90 Å². The van der Waals surface area contributed by atoms with Gasteiger partial charge < -0.3 is 15.4 Å². The van der Waals surface area contributed by atoms with E-state index in [4.69, 9.17) is 22.1 Å². The predicted octanol–water partition coefficient (Wildman–Crippen LogP) is 2.28. The van der Waals surface area contributed by atoms with Crippen LogP contribution in [0, 0.1) is 0 Å². The van der Waals surface area contributed by atoms with E-state index >= 15 is 0 Å². The van der Waals surface area contributed by atoms with Crippen molar-refractivity contribution in [3.63, 3.8) is 0 Å². The summed E-state index contributed by atoms with van der Waals surface area (Å²) in [6, 6.07) is 7.96. The number of ether oxygens (including phenoxy) is 1. The fourth-order valence-electron chi connectivity index (χ4n) is 2.45. The number of hydrogen-bond acceptors (Lipinski definition) is 3. The molecule has 0 amide bonds. The van der Waals surface area contributed by atoms with E-state index in [9.17, 15) is 0 Å². The van der Waals surface area contributed by atoms with Gasteiger partial charge in [0.05, 0.1) is 0 Å². The van der Waals surface area contributed by atoms with Gasteiger partial charge in [-0.25, -0.2) is 0 Å². The molecule has 0 bridgehead atoms. The summed E-state index contributed by atoms with van der Waals surface area (Å²) in [6.07, 6.45) is 1.86. The van der Waals surface area contributed by atoms with Crippen molar-refractivity contribution in [1.29, 1.82) is 0 Å². The van der Waals surface area contributed by atoms with Gasteiger partial charge in [-0.1, -0.05) is 29.8 Å². The molecule has 0 spiro atoms. The van der Waals surface area contributed by atoms with E-state index in [0.29, 0.717) is 0 Å². The van der Waals surface area contributed by atoms with Gasteiger partial charge in [-0.15, -0.1) is 0 Å². The first-order valence-corrected chi connectivity index (χ1v) is 6.75. The first kappa shape index (κ1) is 13.8. The number of likely N-dealkylation sites (N-methyl/N-ethyl adjacent to an activating group) is 1. The molecule has 0 saturated carbocycles. The van der Waals surface area contributed by atoms with Crippen LogP contribution in [0.25, 0.3) is 0 Å². The largest absolute Gasteiger partial charge is 0.381 e. The summed E-state index contributed by atoms with van der Waals surface area (Å²) in [5.41, 5.74) is 7.43. The third kappa shape index (κ3) is 3.69. The van der Waals surface area contributed by atoms with Gasteiger partial charge in [0.1, 0.15) is 0 Å². The zero-order valence-electron chi connectivity index (χ0n) is 10.9. The Bertz CT molecular complexity index is 391. The third-order valence-corrected chi connectivity index (χ3v) is 3.84. The Hall–Kier alpha value is -0.610. The summed E-state index contributed by atoms with van der Waals surface area (Å²) >= 11 is 6.17. The molecule has 0 radical (unpaired) electrons. The van der Waals surface area contributed by atoms with Crippen LogP contribution in [0.4, 0.5) is 0 Å². The molecule has 2 N–H and O–H groups in total. The molecule has 1 fully saturated rings. The van der Waals surface area contributed by atoms with E-state index in [1.54, 1.807) is 0 Å². The molecule has 18 heavy (non-hydrogen) atoms. The lowest BCUT2D eigenvalue weighted by molar-refractivity contribution is 0.0402. The second-order valence-corrected chi connectivity index (χ2v) is 5.65. The average molecular weight is 269 g/mol. The van der Waals surface area contributed by atoms with Crippen LogP contribution in [0.1, 0.15) is 18.4 Å². The van der Waals surface area contributed by atoms with Crippen molar-refractivity contribution in [2.45, 2.75) is 24.9 Å². The third-order valence-electron chi connectivity index (χ3n) is 3.47. The van der Waals surface area contributed by atoms with Gasteiger partial charge in [-0.3, -0.25) is 0 Å². The fourth-order valence-corrected chi connectivity index (χ4v) is 2.64. The normalized spacial score (nSPS) is 19.1. The van der Waals surface area contributed by atoms with Crippen molar-refractivity contribution in [2.75, 3.05) is 26.8 Å². The topological polar surface area (TPSA) is 38.5 Å². The highest BCUT2D eigenvalue weighted by atomic mass is 35.5. The molecule has 0 unspecified atom stereocenters. The molecular weight excluding hydrogens is 248 g/mol. The Morgan fingerprint density at radius 3 is 2.67 bits per heavy atom. The molecular formula is C14H21ClN2O. The molecule has 0 aliphatic carbocycles. The summed E-state index contributed by atoms with van der Waals surface area (Å²) in [5.74, 6) is 0. The SMILES string of the molecule is CN(Cc1ccccc1Cl)CC1(N)CCOCC1. The van der Waals surface area contributed by atoms with Gasteiger partial charge in [0, 0.05) is 36.9 Å². The van der Waals surface area contributed by atoms with Crippen LogP contribution in [0.3, 0.4) is 0 Å². The van der Waals surface area contributed by atoms with Crippen LogP contribution in [-0.2, 0) is 11.3 Å². The van der Waals surface area contributed by atoms with Crippen LogP contribution >= 0.6 is 11.6 Å². The minimum Gasteiger partial charge on any atom is -0.381 e. The lowest BCUT2D eigenvalue weighted by Gasteiger charge is -2.36. The zero-order valence-corrected chi connectivity index (χ0v) is 11.6. The van der Waals surface area contributed by atoms with Crippen molar-refractivity contribution < 1.29 is 4.74 Å². The van der Waals surface area contributed by atoms with Crippen LogP contribution in [-0.4, -0.2) is 37.2 Å². The number of benzene rings is 1. The van der Waals surface area contributed by atoms with Crippen molar-refractivity contribution in [3.8, 4) is 0 Å². The van der Waals surface area contributed by atoms with Gasteiger partial charge >= 0.3 is 0 Å².